The average molecular weight is 380 g/mol. The molecule has 148 valence electrons. The molecule has 0 bridgehead atoms. The third-order valence-corrected chi connectivity index (χ3v) is 5.98. The molecule has 28 heavy (non-hydrogen) atoms. The number of hydrogen-bond donors (Lipinski definition) is 0. The predicted octanol–water partition coefficient (Wildman–Crippen LogP) is 4.13. The Balaban J connectivity index is 1.26. The lowest BCUT2D eigenvalue weighted by atomic mass is 10.0. The summed E-state index contributed by atoms with van der Waals surface area (Å²) >= 11 is 0. The molecule has 0 saturated carbocycles. The van der Waals surface area contributed by atoms with E-state index in [1.807, 2.05) is 12.1 Å². The molecule has 0 aliphatic carbocycles. The second kappa shape index (κ2) is 9.35. The normalized spacial score (nSPS) is 22.0. The number of likely N-dealkylation sites (tertiary alicyclic amines) is 1. The summed E-state index contributed by atoms with van der Waals surface area (Å²) in [6.07, 6.45) is 7.10. The molecule has 2 aromatic rings. The van der Waals surface area contributed by atoms with Crippen LogP contribution < -0.4 is 4.90 Å². The highest BCUT2D eigenvalue weighted by Gasteiger charge is 2.27. The van der Waals surface area contributed by atoms with Gasteiger partial charge in [0, 0.05) is 51.0 Å². The van der Waals surface area contributed by atoms with Crippen molar-refractivity contribution in [3.8, 4) is 0 Å². The highest BCUT2D eigenvalue weighted by molar-refractivity contribution is 5.49. The van der Waals surface area contributed by atoms with Crippen LogP contribution in [-0.2, 0) is 0 Å². The van der Waals surface area contributed by atoms with Crippen LogP contribution in [0.5, 0.6) is 0 Å². The number of rotatable bonds is 5. The van der Waals surface area contributed by atoms with E-state index in [-0.39, 0.29) is 5.82 Å². The molecular weight excluding hydrogens is 349 g/mol. The lowest BCUT2D eigenvalue weighted by Gasteiger charge is -2.43. The first-order valence-electron chi connectivity index (χ1n) is 10.5. The van der Waals surface area contributed by atoms with Crippen molar-refractivity contribution in [3.05, 3.63) is 72.1 Å². The fourth-order valence-corrected chi connectivity index (χ4v) is 4.39. The third kappa shape index (κ3) is 5.00. The summed E-state index contributed by atoms with van der Waals surface area (Å²) in [6, 6.07) is 18.1. The summed E-state index contributed by atoms with van der Waals surface area (Å²) in [6.45, 7) is 7.62. The minimum absolute atomic E-state index is 0.161. The Kier molecular flexibility index (Phi) is 6.40. The van der Waals surface area contributed by atoms with Crippen molar-refractivity contribution in [2.45, 2.75) is 18.9 Å². The van der Waals surface area contributed by atoms with Crippen molar-refractivity contribution in [3.63, 3.8) is 0 Å². The first-order chi connectivity index (χ1) is 13.8. The van der Waals surface area contributed by atoms with Gasteiger partial charge >= 0.3 is 0 Å². The topological polar surface area (TPSA) is 9.72 Å². The Morgan fingerprint density at radius 3 is 2.39 bits per heavy atom. The maximum Gasteiger partial charge on any atom is 0.123 e. The van der Waals surface area contributed by atoms with Crippen molar-refractivity contribution in [1.29, 1.82) is 0 Å². The number of piperazine rings is 1. The Hall–Kier alpha value is -2.17. The Morgan fingerprint density at radius 2 is 1.64 bits per heavy atom. The molecule has 0 amide bonds. The SMILES string of the molecule is Fc1ccc(N2CCN(C3CCCN(CC=Cc4ccccc4)C3)CC2)cc1. The molecule has 3 nitrogen and oxygen atoms in total. The smallest absolute Gasteiger partial charge is 0.123 e. The monoisotopic (exact) mass is 379 g/mol. The van der Waals surface area contributed by atoms with E-state index in [4.69, 9.17) is 0 Å². The zero-order valence-electron chi connectivity index (χ0n) is 16.5. The van der Waals surface area contributed by atoms with E-state index in [2.05, 4.69) is 57.2 Å². The van der Waals surface area contributed by atoms with E-state index < -0.39 is 0 Å². The van der Waals surface area contributed by atoms with Crippen LogP contribution in [0.25, 0.3) is 6.08 Å². The minimum atomic E-state index is -0.161. The van der Waals surface area contributed by atoms with Crippen molar-refractivity contribution < 1.29 is 4.39 Å². The van der Waals surface area contributed by atoms with Gasteiger partial charge in [-0.1, -0.05) is 42.5 Å². The Bertz CT molecular complexity index is 751. The van der Waals surface area contributed by atoms with Gasteiger partial charge < -0.3 is 4.90 Å². The summed E-state index contributed by atoms with van der Waals surface area (Å²) in [5.41, 5.74) is 2.41. The van der Waals surface area contributed by atoms with Gasteiger partial charge in [0.2, 0.25) is 0 Å². The fraction of sp³-hybridized carbons (Fsp3) is 0.417. The first kappa shape index (κ1) is 19.2. The first-order valence-corrected chi connectivity index (χ1v) is 10.5. The van der Waals surface area contributed by atoms with E-state index in [0.717, 1.165) is 45.0 Å². The molecule has 2 aliphatic heterocycles. The molecule has 0 spiro atoms. The molecule has 1 atom stereocenters. The summed E-state index contributed by atoms with van der Waals surface area (Å²) < 4.78 is 13.1. The molecule has 2 heterocycles. The quantitative estimate of drug-likeness (QED) is 0.774. The molecule has 0 N–H and O–H groups in total. The summed E-state index contributed by atoms with van der Waals surface area (Å²) in [5.74, 6) is -0.161. The predicted molar refractivity (Wildman–Crippen MR) is 115 cm³/mol. The van der Waals surface area contributed by atoms with Crippen LogP contribution in [0.3, 0.4) is 0 Å². The summed E-state index contributed by atoms with van der Waals surface area (Å²) in [7, 11) is 0. The van der Waals surface area contributed by atoms with Crippen molar-refractivity contribution in [2.24, 2.45) is 0 Å². The molecule has 4 rings (SSSR count). The number of nitrogens with zero attached hydrogens (tertiary/aromatic N) is 3. The number of benzene rings is 2. The molecule has 4 heteroatoms. The molecular formula is C24H30FN3. The zero-order valence-corrected chi connectivity index (χ0v) is 16.5. The Labute approximate surface area is 168 Å². The van der Waals surface area contributed by atoms with E-state index in [1.54, 1.807) is 12.1 Å². The van der Waals surface area contributed by atoms with Gasteiger partial charge in [-0.2, -0.15) is 0 Å². The van der Waals surface area contributed by atoms with E-state index >= 15 is 0 Å². The van der Waals surface area contributed by atoms with Gasteiger partial charge in [0.1, 0.15) is 5.82 Å². The molecule has 0 aromatic heterocycles. The van der Waals surface area contributed by atoms with Crippen LogP contribution in [0.15, 0.2) is 60.7 Å². The van der Waals surface area contributed by atoms with Crippen LogP contribution in [-0.4, -0.2) is 61.7 Å². The van der Waals surface area contributed by atoms with Crippen LogP contribution in [0.1, 0.15) is 18.4 Å². The highest BCUT2D eigenvalue weighted by atomic mass is 19.1. The molecule has 2 fully saturated rings. The van der Waals surface area contributed by atoms with Crippen LogP contribution in [0.2, 0.25) is 0 Å². The average Bonchev–Trinajstić information content (AvgIpc) is 2.75. The van der Waals surface area contributed by atoms with E-state index in [0.29, 0.717) is 6.04 Å². The summed E-state index contributed by atoms with van der Waals surface area (Å²) in [5, 5.41) is 0. The van der Waals surface area contributed by atoms with E-state index in [1.165, 1.54) is 24.9 Å². The lowest BCUT2D eigenvalue weighted by Crippen LogP contribution is -2.55. The van der Waals surface area contributed by atoms with Gasteiger partial charge in [0.15, 0.2) is 0 Å². The second-order valence-electron chi connectivity index (χ2n) is 7.87. The summed E-state index contributed by atoms with van der Waals surface area (Å²) in [4.78, 5) is 7.62. The molecule has 2 aromatic carbocycles. The van der Waals surface area contributed by atoms with Crippen LogP contribution in [0, 0.1) is 5.82 Å². The van der Waals surface area contributed by atoms with Crippen molar-refractivity contribution in [1.82, 2.24) is 9.80 Å². The van der Waals surface area contributed by atoms with Crippen LogP contribution >= 0.6 is 0 Å². The van der Waals surface area contributed by atoms with Gasteiger partial charge in [-0.05, 0) is 49.2 Å². The number of piperidine rings is 1. The molecule has 1 unspecified atom stereocenters. The van der Waals surface area contributed by atoms with Gasteiger partial charge in [0.25, 0.3) is 0 Å². The second-order valence-corrected chi connectivity index (χ2v) is 7.87. The van der Waals surface area contributed by atoms with Crippen LogP contribution in [0.4, 0.5) is 10.1 Å². The standard InChI is InChI=1S/C24H30FN3/c25-22-10-12-23(13-11-22)27-16-18-28(19-17-27)24-9-5-15-26(20-24)14-4-8-21-6-2-1-3-7-21/h1-4,6-8,10-13,24H,5,9,14-20H2. The van der Waals surface area contributed by atoms with Crippen molar-refractivity contribution in [2.75, 3.05) is 50.7 Å². The van der Waals surface area contributed by atoms with Gasteiger partial charge in [0.05, 0.1) is 0 Å². The van der Waals surface area contributed by atoms with Gasteiger partial charge in [-0.15, -0.1) is 0 Å². The fourth-order valence-electron chi connectivity index (χ4n) is 4.39. The van der Waals surface area contributed by atoms with Gasteiger partial charge in [-0.25, -0.2) is 4.39 Å². The number of halogens is 1. The zero-order chi connectivity index (χ0) is 19.2. The van der Waals surface area contributed by atoms with Crippen molar-refractivity contribution >= 4 is 11.8 Å². The third-order valence-electron chi connectivity index (χ3n) is 5.98. The highest BCUT2D eigenvalue weighted by Crippen LogP contribution is 2.21. The lowest BCUT2D eigenvalue weighted by molar-refractivity contribution is 0.0991. The number of anilines is 1. The molecule has 2 aliphatic rings. The maximum absolute atomic E-state index is 13.1. The molecule has 2 saturated heterocycles. The number of hydrogen-bond acceptors (Lipinski definition) is 3. The van der Waals surface area contributed by atoms with E-state index in [9.17, 15) is 4.39 Å². The van der Waals surface area contributed by atoms with Gasteiger partial charge in [-0.3, -0.25) is 9.80 Å². The maximum atomic E-state index is 13.1. The molecule has 0 radical (unpaired) electrons. The Morgan fingerprint density at radius 1 is 0.893 bits per heavy atom. The minimum Gasteiger partial charge on any atom is -0.369 e. The largest absolute Gasteiger partial charge is 0.369 e.